The highest BCUT2D eigenvalue weighted by Gasteiger charge is 2.27. The van der Waals surface area contributed by atoms with Gasteiger partial charge in [0.15, 0.2) is 8.38 Å². The fourth-order valence-electron chi connectivity index (χ4n) is 2.16. The van der Waals surface area contributed by atoms with Crippen molar-refractivity contribution in [3.05, 3.63) is 32.6 Å². The Morgan fingerprint density at radius 1 is 1.47 bits per heavy atom. The fraction of sp³-hybridized carbons (Fsp3) is 0.636. The molecule has 7 nitrogen and oxygen atoms in total. The van der Waals surface area contributed by atoms with Gasteiger partial charge in [0.1, 0.15) is 6.23 Å². The molecule has 2 rings (SSSR count). The van der Waals surface area contributed by atoms with Crippen LogP contribution in [0.5, 0.6) is 0 Å². The number of nitrogens with one attached hydrogen (secondary N) is 1. The molecule has 0 saturated carbocycles. The monoisotopic (exact) mass is 288 g/mol. The van der Waals surface area contributed by atoms with E-state index in [-0.39, 0.29) is 11.7 Å². The molecule has 2 atom stereocenters. The van der Waals surface area contributed by atoms with Gasteiger partial charge < -0.3 is 14.5 Å². The number of nitrogens with zero attached hydrogens (tertiary/aromatic N) is 1. The third-order valence-electron chi connectivity index (χ3n) is 3.19. The summed E-state index contributed by atoms with van der Waals surface area (Å²) in [6, 6.07) is 0. The van der Waals surface area contributed by atoms with Crippen LogP contribution in [0, 0.1) is 6.92 Å². The molecule has 0 radical (unpaired) electrons. The van der Waals surface area contributed by atoms with Crippen molar-refractivity contribution in [1.29, 1.82) is 0 Å². The molecule has 106 valence electrons. The van der Waals surface area contributed by atoms with Gasteiger partial charge >= 0.3 is 5.69 Å². The highest BCUT2D eigenvalue weighted by Crippen LogP contribution is 2.32. The van der Waals surface area contributed by atoms with Gasteiger partial charge in [0.2, 0.25) is 0 Å². The number of ether oxygens (including phenoxy) is 1. The van der Waals surface area contributed by atoms with E-state index >= 15 is 0 Å². The molecule has 3 N–H and O–H groups in total. The summed E-state index contributed by atoms with van der Waals surface area (Å²) < 4.78 is 7.09. The van der Waals surface area contributed by atoms with Crippen molar-refractivity contribution in [3.8, 4) is 0 Å². The molecular weight excluding hydrogens is 271 g/mol. The molecule has 0 aromatic carbocycles. The molecule has 2 unspecified atom stereocenters. The van der Waals surface area contributed by atoms with E-state index in [1.165, 1.54) is 10.8 Å². The molecule has 19 heavy (non-hydrogen) atoms. The van der Waals surface area contributed by atoms with Gasteiger partial charge in [0.05, 0.1) is 6.10 Å². The number of hydrogen-bond acceptors (Lipinski definition) is 5. The standard InChI is InChI=1S/C11H17N2O5P/c1-7-6-13(11(15)12-10(7)14)9-3-2-8(18-9)4-5-19(16)17/h6,8-9,16-17H,2-5H2,1H3,(H,12,14,15). The Balaban J connectivity index is 2.07. The van der Waals surface area contributed by atoms with E-state index in [9.17, 15) is 9.59 Å². The molecular formula is C11H17N2O5P. The zero-order valence-electron chi connectivity index (χ0n) is 10.6. The van der Waals surface area contributed by atoms with E-state index in [1.54, 1.807) is 6.92 Å². The second-order valence-electron chi connectivity index (χ2n) is 4.65. The van der Waals surface area contributed by atoms with Crippen molar-refractivity contribution in [2.24, 2.45) is 0 Å². The molecule has 0 spiro atoms. The lowest BCUT2D eigenvalue weighted by atomic mass is 10.2. The van der Waals surface area contributed by atoms with Crippen LogP contribution in [0.4, 0.5) is 0 Å². The van der Waals surface area contributed by atoms with Gasteiger partial charge in [-0.2, -0.15) is 0 Å². The van der Waals surface area contributed by atoms with E-state index in [2.05, 4.69) is 4.98 Å². The van der Waals surface area contributed by atoms with Gasteiger partial charge in [0.25, 0.3) is 5.56 Å². The van der Waals surface area contributed by atoms with Crippen molar-refractivity contribution in [2.45, 2.75) is 38.5 Å². The highest BCUT2D eigenvalue weighted by atomic mass is 31.2. The van der Waals surface area contributed by atoms with Crippen LogP contribution in [0.1, 0.15) is 31.1 Å². The van der Waals surface area contributed by atoms with Gasteiger partial charge in [-0.3, -0.25) is 14.3 Å². The third kappa shape index (κ3) is 3.51. The quantitative estimate of drug-likeness (QED) is 0.687. The lowest BCUT2D eigenvalue weighted by molar-refractivity contribution is -0.00200. The van der Waals surface area contributed by atoms with Crippen LogP contribution in [0.25, 0.3) is 0 Å². The average molecular weight is 288 g/mol. The molecule has 0 aliphatic carbocycles. The summed E-state index contributed by atoms with van der Waals surface area (Å²) in [7, 11) is -1.90. The first-order valence-corrected chi connectivity index (χ1v) is 7.53. The van der Waals surface area contributed by atoms with Gasteiger partial charge in [0, 0.05) is 17.9 Å². The first kappa shape index (κ1) is 14.4. The Morgan fingerprint density at radius 3 is 2.89 bits per heavy atom. The Bertz CT molecular complexity index is 553. The SMILES string of the molecule is Cc1cn(C2CCC(CCP(O)O)O2)c(=O)[nH]c1=O. The summed E-state index contributed by atoms with van der Waals surface area (Å²) >= 11 is 0. The van der Waals surface area contributed by atoms with E-state index in [1.807, 2.05) is 0 Å². The van der Waals surface area contributed by atoms with Crippen LogP contribution >= 0.6 is 8.38 Å². The number of hydrogen-bond donors (Lipinski definition) is 3. The lowest BCUT2D eigenvalue weighted by Gasteiger charge is -2.16. The lowest BCUT2D eigenvalue weighted by Crippen LogP contribution is -2.33. The predicted octanol–water partition coefficient (Wildman–Crippen LogP) is 0.209. The molecule has 2 heterocycles. The molecule has 1 aliphatic heterocycles. The summed E-state index contributed by atoms with van der Waals surface area (Å²) in [6.45, 7) is 1.63. The second kappa shape index (κ2) is 5.96. The van der Waals surface area contributed by atoms with Crippen molar-refractivity contribution < 1.29 is 14.5 Å². The zero-order chi connectivity index (χ0) is 14.0. The van der Waals surface area contributed by atoms with E-state index in [4.69, 9.17) is 14.5 Å². The van der Waals surface area contributed by atoms with Crippen LogP contribution < -0.4 is 11.2 Å². The smallest absolute Gasteiger partial charge is 0.330 e. The Morgan fingerprint density at radius 2 is 2.21 bits per heavy atom. The maximum absolute atomic E-state index is 11.7. The largest absolute Gasteiger partial charge is 0.355 e. The van der Waals surface area contributed by atoms with Crippen LogP contribution in [0.2, 0.25) is 0 Å². The van der Waals surface area contributed by atoms with Crippen LogP contribution in [0.3, 0.4) is 0 Å². The normalized spacial score (nSPS) is 23.2. The molecule has 1 aliphatic rings. The Labute approximate surface area is 110 Å². The minimum Gasteiger partial charge on any atom is -0.355 e. The summed E-state index contributed by atoms with van der Waals surface area (Å²) in [4.78, 5) is 43.0. The second-order valence-corrected chi connectivity index (χ2v) is 5.85. The van der Waals surface area contributed by atoms with Crippen LogP contribution in [-0.2, 0) is 4.74 Å². The van der Waals surface area contributed by atoms with E-state index in [0.29, 0.717) is 24.6 Å². The maximum Gasteiger partial charge on any atom is 0.330 e. The number of aromatic nitrogens is 2. The molecule has 0 bridgehead atoms. The summed E-state index contributed by atoms with van der Waals surface area (Å²) in [5.74, 6) is 0. The molecule has 1 fully saturated rings. The van der Waals surface area contributed by atoms with Gasteiger partial charge in [-0.05, 0) is 26.2 Å². The topological polar surface area (TPSA) is 105 Å². The highest BCUT2D eigenvalue weighted by molar-refractivity contribution is 7.45. The third-order valence-corrected chi connectivity index (χ3v) is 3.85. The van der Waals surface area contributed by atoms with E-state index < -0.39 is 20.3 Å². The summed E-state index contributed by atoms with van der Waals surface area (Å²) in [5.41, 5.74) is -0.407. The van der Waals surface area contributed by atoms with Crippen molar-refractivity contribution in [1.82, 2.24) is 9.55 Å². The maximum atomic E-state index is 11.7. The first-order valence-electron chi connectivity index (χ1n) is 6.10. The molecule has 1 saturated heterocycles. The molecule has 8 heteroatoms. The number of H-pyrrole nitrogens is 1. The van der Waals surface area contributed by atoms with Crippen molar-refractivity contribution in [3.63, 3.8) is 0 Å². The Kier molecular flexibility index (Phi) is 4.52. The number of rotatable bonds is 4. The van der Waals surface area contributed by atoms with Crippen LogP contribution in [0.15, 0.2) is 15.8 Å². The predicted molar refractivity (Wildman–Crippen MR) is 70.0 cm³/mol. The number of aromatic amines is 1. The number of aryl methyl sites for hydroxylation is 1. The summed E-state index contributed by atoms with van der Waals surface area (Å²) in [5, 5.41) is 0. The molecule has 1 aromatic heterocycles. The van der Waals surface area contributed by atoms with E-state index in [0.717, 1.165) is 6.42 Å². The minimum atomic E-state index is -1.90. The van der Waals surface area contributed by atoms with Gasteiger partial charge in [-0.1, -0.05) is 0 Å². The fourth-order valence-corrected chi connectivity index (χ4v) is 2.68. The molecule has 0 amide bonds. The van der Waals surface area contributed by atoms with Gasteiger partial charge in [-0.15, -0.1) is 0 Å². The minimum absolute atomic E-state index is 0.0755. The van der Waals surface area contributed by atoms with Crippen molar-refractivity contribution >= 4 is 8.38 Å². The van der Waals surface area contributed by atoms with Crippen LogP contribution in [-0.4, -0.2) is 31.6 Å². The van der Waals surface area contributed by atoms with Gasteiger partial charge in [-0.25, -0.2) is 4.79 Å². The summed E-state index contributed by atoms with van der Waals surface area (Å²) in [6.07, 6.45) is 3.34. The Hall–Kier alpha value is -1.01. The first-order chi connectivity index (χ1) is 8.97. The molecule has 1 aromatic rings. The van der Waals surface area contributed by atoms with Crippen molar-refractivity contribution in [2.75, 3.05) is 6.16 Å². The zero-order valence-corrected chi connectivity index (χ0v) is 11.5. The average Bonchev–Trinajstić information content (AvgIpc) is 2.80.